The lowest BCUT2D eigenvalue weighted by atomic mass is 9.94. The molecule has 1 aliphatic heterocycles. The molecule has 1 fully saturated rings. The van der Waals surface area contributed by atoms with Gasteiger partial charge in [-0.05, 0) is 44.5 Å². The van der Waals surface area contributed by atoms with Gasteiger partial charge in [0.15, 0.2) is 5.65 Å². The van der Waals surface area contributed by atoms with Gasteiger partial charge in [0.2, 0.25) is 0 Å². The molecule has 198 valence electrons. The zero-order chi connectivity index (χ0) is 26.8. The molecule has 0 radical (unpaired) electrons. The van der Waals surface area contributed by atoms with Crippen molar-refractivity contribution >= 4 is 17.4 Å². The molecule has 1 unspecified atom stereocenters. The summed E-state index contributed by atoms with van der Waals surface area (Å²) in [5.74, 6) is 0.544. The molecule has 5 heterocycles. The summed E-state index contributed by atoms with van der Waals surface area (Å²) in [6, 6.07) is 12.2. The fourth-order valence-electron chi connectivity index (χ4n) is 4.97. The minimum atomic E-state index is -0.284. The van der Waals surface area contributed by atoms with Crippen LogP contribution in [0.25, 0.3) is 11.3 Å². The van der Waals surface area contributed by atoms with Crippen molar-refractivity contribution in [2.45, 2.75) is 32.2 Å². The van der Waals surface area contributed by atoms with Gasteiger partial charge in [-0.15, -0.1) is 0 Å². The molecule has 4 aromatic heterocycles. The molecule has 1 atom stereocenters. The van der Waals surface area contributed by atoms with E-state index < -0.39 is 0 Å². The van der Waals surface area contributed by atoms with E-state index in [9.17, 15) is 4.79 Å². The lowest BCUT2D eigenvalue weighted by Crippen LogP contribution is -2.34. The monoisotopic (exact) mass is 523 g/mol. The smallest absolute Gasteiger partial charge is 0.316 e. The van der Waals surface area contributed by atoms with Crippen LogP contribution >= 0.6 is 0 Å². The number of ether oxygens (including phenoxy) is 1. The average Bonchev–Trinajstić information content (AvgIpc) is 3.59. The van der Waals surface area contributed by atoms with Crippen molar-refractivity contribution in [3.05, 3.63) is 89.8 Å². The molecule has 39 heavy (non-hydrogen) atoms. The zero-order valence-corrected chi connectivity index (χ0v) is 21.9. The van der Waals surface area contributed by atoms with Crippen molar-refractivity contribution in [2.75, 3.05) is 25.5 Å². The first-order valence-corrected chi connectivity index (χ1v) is 12.9. The Kier molecular flexibility index (Phi) is 6.72. The highest BCUT2D eigenvalue weighted by atomic mass is 16.5. The van der Waals surface area contributed by atoms with Crippen molar-refractivity contribution in [1.82, 2.24) is 39.2 Å². The van der Waals surface area contributed by atoms with E-state index in [1.54, 1.807) is 30.1 Å². The Morgan fingerprint density at radius 1 is 1.13 bits per heavy atom. The molecule has 11 heteroatoms. The molecule has 5 aromatic rings. The van der Waals surface area contributed by atoms with E-state index in [0.717, 1.165) is 55.0 Å². The van der Waals surface area contributed by atoms with Gasteiger partial charge in [-0.1, -0.05) is 17.7 Å². The van der Waals surface area contributed by atoms with Crippen LogP contribution in [-0.4, -0.2) is 65.4 Å². The van der Waals surface area contributed by atoms with Gasteiger partial charge in [-0.25, -0.2) is 24.1 Å². The summed E-state index contributed by atoms with van der Waals surface area (Å²) in [5, 5.41) is 12.3. The third-order valence-corrected chi connectivity index (χ3v) is 6.97. The molecular weight excluding hydrogens is 494 g/mol. The largest absolute Gasteiger partial charge is 0.467 e. The fourth-order valence-corrected chi connectivity index (χ4v) is 4.97. The Bertz CT molecular complexity index is 1590. The second-order valence-corrected chi connectivity index (χ2v) is 9.75. The highest BCUT2D eigenvalue weighted by molar-refractivity contribution is 6.07. The molecule has 0 spiro atoms. The van der Waals surface area contributed by atoms with E-state index in [-0.39, 0.29) is 11.8 Å². The fraction of sp³-hybridized carbons (Fsp3) is 0.286. The van der Waals surface area contributed by atoms with Gasteiger partial charge in [-0.3, -0.25) is 9.69 Å². The van der Waals surface area contributed by atoms with Crippen molar-refractivity contribution in [3.8, 4) is 11.7 Å². The molecule has 1 aromatic carbocycles. The van der Waals surface area contributed by atoms with Gasteiger partial charge in [-0.2, -0.15) is 10.2 Å². The molecule has 0 aliphatic carbocycles. The second-order valence-electron chi connectivity index (χ2n) is 9.75. The van der Waals surface area contributed by atoms with Gasteiger partial charge in [0.25, 0.3) is 5.91 Å². The number of nitrogens with zero attached hydrogens (tertiary/aromatic N) is 8. The minimum absolute atomic E-state index is 0.221. The average molecular weight is 524 g/mol. The molecule has 0 bridgehead atoms. The number of carbonyl (C=O) groups is 1. The van der Waals surface area contributed by atoms with Crippen molar-refractivity contribution in [3.63, 3.8) is 0 Å². The van der Waals surface area contributed by atoms with Crippen molar-refractivity contribution in [1.29, 1.82) is 0 Å². The molecule has 1 amide bonds. The summed E-state index contributed by atoms with van der Waals surface area (Å²) in [7, 11) is 1.56. The summed E-state index contributed by atoms with van der Waals surface area (Å²) in [5.41, 5.74) is 4.92. The van der Waals surface area contributed by atoms with E-state index in [4.69, 9.17) is 9.84 Å². The number of nitrogens with one attached hydrogen (secondary N) is 1. The summed E-state index contributed by atoms with van der Waals surface area (Å²) in [6.07, 6.45) is 10.6. The maximum atomic E-state index is 13.3. The SMILES string of the molecule is COc1ncc(CN2CCCC(c3cc(NC(=O)c4cnn5cccnc45)n(-c4ccc(C)cc4)n3)C2)cn1. The number of hydrogen-bond acceptors (Lipinski definition) is 8. The topological polar surface area (TPSA) is 115 Å². The first-order chi connectivity index (χ1) is 19.1. The Hall–Kier alpha value is -4.64. The van der Waals surface area contributed by atoms with Crippen molar-refractivity contribution in [2.24, 2.45) is 0 Å². The van der Waals surface area contributed by atoms with Crippen LogP contribution in [0.2, 0.25) is 0 Å². The molecule has 1 aliphatic rings. The molecule has 0 saturated carbocycles. The van der Waals surface area contributed by atoms with Crippen LogP contribution < -0.4 is 10.1 Å². The number of anilines is 1. The van der Waals surface area contributed by atoms with Crippen LogP contribution in [0.15, 0.2) is 67.4 Å². The lowest BCUT2D eigenvalue weighted by molar-refractivity contribution is 0.102. The summed E-state index contributed by atoms with van der Waals surface area (Å²) in [4.78, 5) is 28.5. The number of fused-ring (bicyclic) bond motifs is 1. The summed E-state index contributed by atoms with van der Waals surface area (Å²) in [6.45, 7) is 4.64. The van der Waals surface area contributed by atoms with Crippen LogP contribution in [0.4, 0.5) is 5.82 Å². The number of benzene rings is 1. The van der Waals surface area contributed by atoms with Gasteiger partial charge >= 0.3 is 6.01 Å². The highest BCUT2D eigenvalue weighted by Gasteiger charge is 2.26. The number of amides is 1. The van der Waals surface area contributed by atoms with E-state index >= 15 is 0 Å². The van der Waals surface area contributed by atoms with Crippen LogP contribution in [0.3, 0.4) is 0 Å². The van der Waals surface area contributed by atoms with Crippen LogP contribution in [-0.2, 0) is 6.54 Å². The number of aryl methyl sites for hydroxylation is 1. The maximum absolute atomic E-state index is 13.3. The van der Waals surface area contributed by atoms with Gasteiger partial charge < -0.3 is 10.1 Å². The third kappa shape index (κ3) is 5.21. The minimum Gasteiger partial charge on any atom is -0.467 e. The number of hydrogen-bond donors (Lipinski definition) is 1. The molecule has 11 nitrogen and oxygen atoms in total. The van der Waals surface area contributed by atoms with Crippen LogP contribution in [0, 0.1) is 6.92 Å². The zero-order valence-electron chi connectivity index (χ0n) is 21.9. The first kappa shape index (κ1) is 24.7. The number of piperidine rings is 1. The van der Waals surface area contributed by atoms with E-state index in [2.05, 4.69) is 30.3 Å². The van der Waals surface area contributed by atoms with E-state index in [0.29, 0.717) is 23.0 Å². The Labute approximate surface area is 225 Å². The second kappa shape index (κ2) is 10.6. The Morgan fingerprint density at radius 2 is 1.95 bits per heavy atom. The van der Waals surface area contributed by atoms with Gasteiger partial charge in [0, 0.05) is 55.4 Å². The highest BCUT2D eigenvalue weighted by Crippen LogP contribution is 2.30. The van der Waals surface area contributed by atoms with Crippen LogP contribution in [0.5, 0.6) is 6.01 Å². The quantitative estimate of drug-likeness (QED) is 0.344. The standard InChI is InChI=1S/C28H29N9O2/c1-19-6-8-22(9-7-19)37-25(33-27(38)23-16-32-36-12-4-10-29-26(23)36)13-24(34-37)21-5-3-11-35(18-21)17-20-14-30-28(39-2)31-15-20/h4,6-10,12-16,21H,3,5,11,17-18H2,1-2H3,(H,33,38). The molecule has 1 N–H and O–H groups in total. The number of likely N-dealkylation sites (tertiary alicyclic amines) is 1. The maximum Gasteiger partial charge on any atom is 0.316 e. The summed E-state index contributed by atoms with van der Waals surface area (Å²) >= 11 is 0. The predicted octanol–water partition coefficient (Wildman–Crippen LogP) is 3.65. The molecular formula is C28H29N9O2. The predicted molar refractivity (Wildman–Crippen MR) is 145 cm³/mol. The Balaban J connectivity index is 1.27. The normalized spacial score (nSPS) is 15.9. The number of methoxy groups -OCH3 is 1. The molecule has 1 saturated heterocycles. The summed E-state index contributed by atoms with van der Waals surface area (Å²) < 4.78 is 8.47. The lowest BCUT2D eigenvalue weighted by Gasteiger charge is -2.31. The molecule has 6 rings (SSSR count). The third-order valence-electron chi connectivity index (χ3n) is 6.97. The number of aromatic nitrogens is 7. The van der Waals surface area contributed by atoms with Gasteiger partial charge in [0.05, 0.1) is 24.7 Å². The van der Waals surface area contributed by atoms with E-state index in [1.165, 1.54) is 6.20 Å². The number of rotatable bonds is 7. The Morgan fingerprint density at radius 3 is 2.74 bits per heavy atom. The first-order valence-electron chi connectivity index (χ1n) is 12.9. The number of carbonyl (C=O) groups excluding carboxylic acids is 1. The van der Waals surface area contributed by atoms with E-state index in [1.807, 2.05) is 54.3 Å². The van der Waals surface area contributed by atoms with Crippen LogP contribution in [0.1, 0.15) is 45.9 Å². The van der Waals surface area contributed by atoms with Gasteiger partial charge in [0.1, 0.15) is 11.4 Å². The van der Waals surface area contributed by atoms with Crippen molar-refractivity contribution < 1.29 is 9.53 Å².